The van der Waals surface area contributed by atoms with Gasteiger partial charge < -0.3 is 14.6 Å². The third-order valence-electron chi connectivity index (χ3n) is 5.09. The summed E-state index contributed by atoms with van der Waals surface area (Å²) in [4.78, 5) is 14.7. The second-order valence-electron chi connectivity index (χ2n) is 7.37. The molecule has 0 atom stereocenters. The van der Waals surface area contributed by atoms with Crippen LogP contribution in [0.1, 0.15) is 25.5 Å². The highest BCUT2D eigenvalue weighted by molar-refractivity contribution is 7.90. The molecule has 3 heterocycles. The Morgan fingerprint density at radius 1 is 1.14 bits per heavy atom. The molecule has 0 aliphatic carbocycles. The van der Waals surface area contributed by atoms with Gasteiger partial charge in [0, 0.05) is 41.8 Å². The van der Waals surface area contributed by atoms with E-state index in [-0.39, 0.29) is 11.5 Å². The number of hydrogen-bond donors (Lipinski definition) is 1. The van der Waals surface area contributed by atoms with Crippen molar-refractivity contribution in [2.75, 3.05) is 37.0 Å². The van der Waals surface area contributed by atoms with Crippen molar-refractivity contribution in [3.05, 3.63) is 42.2 Å². The lowest BCUT2D eigenvalue weighted by Crippen LogP contribution is -2.37. The Hall–Kier alpha value is -2.45. The number of aromatic amines is 1. The molecule has 1 N–H and O–H groups in total. The minimum Gasteiger partial charge on any atom is -0.378 e. The maximum Gasteiger partial charge on any atom is 0.161 e. The van der Waals surface area contributed by atoms with E-state index in [2.05, 4.69) is 14.9 Å². The maximum atomic E-state index is 12.5. The van der Waals surface area contributed by atoms with Crippen LogP contribution in [0, 0.1) is 0 Å². The van der Waals surface area contributed by atoms with Crippen LogP contribution in [0.25, 0.3) is 22.3 Å². The molecule has 0 saturated carbocycles. The lowest BCUT2D eigenvalue weighted by Gasteiger charge is -2.28. The molecule has 29 heavy (non-hydrogen) atoms. The highest BCUT2D eigenvalue weighted by Crippen LogP contribution is 2.25. The van der Waals surface area contributed by atoms with Crippen molar-refractivity contribution < 1.29 is 13.2 Å². The number of hydrogen-bond acceptors (Lipinski definition) is 6. The minimum atomic E-state index is -3.21. The van der Waals surface area contributed by atoms with Crippen LogP contribution in [0.15, 0.2) is 36.5 Å². The van der Waals surface area contributed by atoms with Gasteiger partial charge in [-0.25, -0.2) is 18.4 Å². The lowest BCUT2D eigenvalue weighted by atomic mass is 10.1. The van der Waals surface area contributed by atoms with Crippen LogP contribution in [0.2, 0.25) is 0 Å². The van der Waals surface area contributed by atoms with E-state index >= 15 is 0 Å². The summed E-state index contributed by atoms with van der Waals surface area (Å²) in [5.74, 6) is 1.43. The number of anilines is 1. The van der Waals surface area contributed by atoms with Gasteiger partial charge >= 0.3 is 0 Å². The summed E-state index contributed by atoms with van der Waals surface area (Å²) in [7, 11) is -3.21. The van der Waals surface area contributed by atoms with Crippen molar-refractivity contribution in [3.63, 3.8) is 0 Å². The molecule has 1 aliphatic rings. The molecule has 7 nitrogen and oxygen atoms in total. The normalized spacial score (nSPS) is 15.1. The Bertz CT molecular complexity index is 1090. The third-order valence-corrected chi connectivity index (χ3v) is 6.74. The Morgan fingerprint density at radius 2 is 1.97 bits per heavy atom. The molecule has 0 spiro atoms. The van der Waals surface area contributed by atoms with Gasteiger partial charge in [0.2, 0.25) is 0 Å². The van der Waals surface area contributed by atoms with Crippen molar-refractivity contribution in [1.82, 2.24) is 15.0 Å². The van der Waals surface area contributed by atoms with E-state index in [9.17, 15) is 8.42 Å². The second kappa shape index (κ2) is 8.51. The van der Waals surface area contributed by atoms with Gasteiger partial charge in [0.1, 0.15) is 5.82 Å². The minimum absolute atomic E-state index is 0.0632. The molecule has 0 radical (unpaired) electrons. The molecule has 1 saturated heterocycles. The van der Waals surface area contributed by atoms with Crippen molar-refractivity contribution in [3.8, 4) is 11.4 Å². The lowest BCUT2D eigenvalue weighted by molar-refractivity contribution is 0.122. The van der Waals surface area contributed by atoms with Crippen LogP contribution in [0.4, 0.5) is 5.82 Å². The molecule has 154 valence electrons. The average Bonchev–Trinajstić information content (AvgIpc) is 3.20. The number of aromatic nitrogens is 3. The van der Waals surface area contributed by atoms with Crippen molar-refractivity contribution in [1.29, 1.82) is 0 Å². The number of benzene rings is 1. The van der Waals surface area contributed by atoms with Gasteiger partial charge in [-0.1, -0.05) is 13.3 Å². The number of fused-ring (bicyclic) bond motifs is 1. The fourth-order valence-electron chi connectivity index (χ4n) is 3.49. The first kappa shape index (κ1) is 19.8. The topological polar surface area (TPSA) is 88.2 Å². The average molecular weight is 415 g/mol. The van der Waals surface area contributed by atoms with Crippen LogP contribution >= 0.6 is 0 Å². The summed E-state index contributed by atoms with van der Waals surface area (Å²) >= 11 is 0. The van der Waals surface area contributed by atoms with E-state index < -0.39 is 9.84 Å². The van der Waals surface area contributed by atoms with Gasteiger partial charge in [-0.2, -0.15) is 0 Å². The molecular weight excluding hydrogens is 388 g/mol. The molecule has 0 amide bonds. The Kier molecular flexibility index (Phi) is 5.82. The van der Waals surface area contributed by atoms with Gasteiger partial charge in [0.15, 0.2) is 15.7 Å². The third kappa shape index (κ3) is 4.76. The number of ether oxygens (including phenoxy) is 1. The molecule has 4 rings (SSSR count). The van der Waals surface area contributed by atoms with Crippen molar-refractivity contribution >= 4 is 26.6 Å². The van der Waals surface area contributed by atoms with Crippen LogP contribution in [0.3, 0.4) is 0 Å². The van der Waals surface area contributed by atoms with E-state index in [1.54, 1.807) is 0 Å². The summed E-state index contributed by atoms with van der Waals surface area (Å²) in [6, 6.07) is 9.80. The molecule has 3 aromatic rings. The van der Waals surface area contributed by atoms with E-state index in [0.717, 1.165) is 41.8 Å². The molecule has 0 bridgehead atoms. The zero-order valence-electron chi connectivity index (χ0n) is 16.6. The molecular formula is C21H26N4O3S. The number of nitrogens with one attached hydrogen (secondary N) is 1. The molecule has 8 heteroatoms. The number of unbranched alkanes of at least 4 members (excludes halogenated alkanes) is 1. The molecule has 2 aromatic heterocycles. The Balaban J connectivity index is 1.72. The van der Waals surface area contributed by atoms with Gasteiger partial charge in [0.25, 0.3) is 0 Å². The number of sulfone groups is 1. The molecule has 1 fully saturated rings. The predicted molar refractivity (Wildman–Crippen MR) is 115 cm³/mol. The van der Waals surface area contributed by atoms with Gasteiger partial charge in [-0.15, -0.1) is 0 Å². The first-order valence-electron chi connectivity index (χ1n) is 10.0. The van der Waals surface area contributed by atoms with Crippen LogP contribution in [-0.4, -0.2) is 55.4 Å². The van der Waals surface area contributed by atoms with Crippen molar-refractivity contribution in [2.24, 2.45) is 0 Å². The molecule has 0 unspecified atom stereocenters. The summed E-state index contributed by atoms with van der Waals surface area (Å²) in [5, 5.41) is 1.07. The summed E-state index contributed by atoms with van der Waals surface area (Å²) in [5.41, 5.74) is 2.46. The molecule has 1 aliphatic heterocycles. The maximum absolute atomic E-state index is 12.5. The first-order valence-corrected chi connectivity index (χ1v) is 11.8. The van der Waals surface area contributed by atoms with Crippen LogP contribution in [-0.2, 0) is 20.3 Å². The zero-order valence-corrected chi connectivity index (χ0v) is 17.4. The number of morpholine rings is 1. The first-order chi connectivity index (χ1) is 14.0. The number of nitrogens with zero attached hydrogens (tertiary/aromatic N) is 3. The molecule has 1 aromatic carbocycles. The summed E-state index contributed by atoms with van der Waals surface area (Å²) in [6.45, 7) is 4.73. The highest BCUT2D eigenvalue weighted by atomic mass is 32.2. The van der Waals surface area contributed by atoms with E-state index in [1.165, 1.54) is 0 Å². The second-order valence-corrected chi connectivity index (χ2v) is 9.55. The summed E-state index contributed by atoms with van der Waals surface area (Å²) < 4.78 is 30.5. The van der Waals surface area contributed by atoms with E-state index in [0.29, 0.717) is 31.2 Å². The van der Waals surface area contributed by atoms with Crippen LogP contribution < -0.4 is 4.90 Å². The summed E-state index contributed by atoms with van der Waals surface area (Å²) in [6.07, 6.45) is 3.41. The van der Waals surface area contributed by atoms with Gasteiger partial charge in [-0.3, -0.25) is 0 Å². The monoisotopic (exact) mass is 414 g/mol. The smallest absolute Gasteiger partial charge is 0.161 e. The Morgan fingerprint density at radius 3 is 2.76 bits per heavy atom. The zero-order chi connectivity index (χ0) is 20.3. The van der Waals surface area contributed by atoms with Crippen molar-refractivity contribution in [2.45, 2.75) is 25.5 Å². The predicted octanol–water partition coefficient (Wildman–Crippen LogP) is 3.18. The van der Waals surface area contributed by atoms with E-state index in [4.69, 9.17) is 9.72 Å². The number of H-pyrrole nitrogens is 1. The van der Waals surface area contributed by atoms with Gasteiger partial charge in [-0.05, 0) is 30.7 Å². The van der Waals surface area contributed by atoms with Gasteiger partial charge in [0.05, 0.1) is 30.4 Å². The standard InChI is InChI=1S/C21H26N4O3S/c1-2-3-12-29(26,27)15-18-14-20(25-8-10-28-11-9-25)24-21(23-18)17-4-5-19-16(13-17)6-7-22-19/h4-7,13-14,22H,2-3,8-12,15H2,1H3. The fraction of sp³-hybridized carbons (Fsp3) is 0.429. The Labute approximate surface area is 171 Å². The van der Waals surface area contributed by atoms with Crippen LogP contribution in [0.5, 0.6) is 0 Å². The number of rotatable bonds is 7. The fourth-order valence-corrected chi connectivity index (χ4v) is 4.97. The highest BCUT2D eigenvalue weighted by Gasteiger charge is 2.19. The quantitative estimate of drug-likeness (QED) is 0.639. The largest absolute Gasteiger partial charge is 0.378 e. The SMILES string of the molecule is CCCCS(=O)(=O)Cc1cc(N2CCOCC2)nc(-c2ccc3[nH]ccc3c2)n1. The van der Waals surface area contributed by atoms with E-state index in [1.807, 2.05) is 43.5 Å².